The van der Waals surface area contributed by atoms with Gasteiger partial charge in [0.25, 0.3) is 11.8 Å². The zero-order valence-electron chi connectivity index (χ0n) is 15.2. The van der Waals surface area contributed by atoms with Crippen molar-refractivity contribution >= 4 is 23.3 Å². The Morgan fingerprint density at radius 3 is 2.32 bits per heavy atom. The maximum absolute atomic E-state index is 12.8. The van der Waals surface area contributed by atoms with Gasteiger partial charge in [0.1, 0.15) is 6.04 Å². The topological polar surface area (TPSA) is 153 Å². The first kappa shape index (κ1) is 20.4. The molecule has 9 heteroatoms. The van der Waals surface area contributed by atoms with E-state index in [-0.39, 0.29) is 17.7 Å². The van der Waals surface area contributed by atoms with Crippen molar-refractivity contribution in [1.29, 1.82) is 0 Å². The van der Waals surface area contributed by atoms with Gasteiger partial charge in [0.2, 0.25) is 5.78 Å². The number of carbonyl (C=O) groups excluding carboxylic acids is 3. The van der Waals surface area contributed by atoms with Gasteiger partial charge in [-0.05, 0) is 24.3 Å². The molecule has 1 unspecified atom stereocenters. The number of hydrogen-bond acceptors (Lipinski definition) is 7. The van der Waals surface area contributed by atoms with Crippen LogP contribution in [0.5, 0.6) is 0 Å². The van der Waals surface area contributed by atoms with Crippen LogP contribution in [0.3, 0.4) is 0 Å². The number of Topliss-reactive ketones (excluding diaryl/α,β-unsaturated/α-hetero) is 1. The summed E-state index contributed by atoms with van der Waals surface area (Å²) in [7, 11) is 1.49. The molecule has 0 bridgehead atoms. The number of ketones is 1. The number of carbonyl (C=O) groups is 3. The zero-order chi connectivity index (χ0) is 20.5. The van der Waals surface area contributed by atoms with Crippen LogP contribution in [0.1, 0.15) is 11.4 Å². The standard InChI is InChI=1S/C19H20N6O3/c1-22-16(14-7-3-5-9-24-14)13(11-20)19(28)25-15(17(26)18(21)27)10-12-6-2-4-8-23-12/h2-9,11,15H,10,20H2,1H3,(H2,21,27)(H,25,28)/b13-11+,22-16?. The number of primary amides is 1. The van der Waals surface area contributed by atoms with Gasteiger partial charge < -0.3 is 16.8 Å². The summed E-state index contributed by atoms with van der Waals surface area (Å²) in [4.78, 5) is 48.7. The lowest BCUT2D eigenvalue weighted by Crippen LogP contribution is -2.48. The van der Waals surface area contributed by atoms with Crippen LogP contribution in [0.15, 0.2) is 65.6 Å². The van der Waals surface area contributed by atoms with Crippen LogP contribution >= 0.6 is 0 Å². The molecule has 0 aliphatic rings. The van der Waals surface area contributed by atoms with Crippen LogP contribution in [0.2, 0.25) is 0 Å². The second-order valence-corrected chi connectivity index (χ2v) is 5.65. The van der Waals surface area contributed by atoms with E-state index in [1.54, 1.807) is 42.6 Å². The van der Waals surface area contributed by atoms with Crippen molar-refractivity contribution in [2.75, 3.05) is 7.05 Å². The number of nitrogens with zero attached hydrogens (tertiary/aromatic N) is 3. The van der Waals surface area contributed by atoms with Crippen molar-refractivity contribution in [1.82, 2.24) is 15.3 Å². The molecule has 2 aromatic heterocycles. The fourth-order valence-electron chi connectivity index (χ4n) is 2.48. The monoisotopic (exact) mass is 380 g/mol. The van der Waals surface area contributed by atoms with Crippen molar-refractivity contribution in [2.24, 2.45) is 16.5 Å². The average molecular weight is 380 g/mol. The number of rotatable bonds is 8. The number of nitrogens with one attached hydrogen (secondary N) is 1. The van der Waals surface area contributed by atoms with Gasteiger partial charge in [-0.15, -0.1) is 0 Å². The summed E-state index contributed by atoms with van der Waals surface area (Å²) in [6.45, 7) is 0. The molecule has 144 valence electrons. The van der Waals surface area contributed by atoms with E-state index < -0.39 is 23.6 Å². The predicted molar refractivity (Wildman–Crippen MR) is 103 cm³/mol. The first-order valence-corrected chi connectivity index (χ1v) is 8.32. The minimum atomic E-state index is -1.20. The second-order valence-electron chi connectivity index (χ2n) is 5.65. The van der Waals surface area contributed by atoms with E-state index in [2.05, 4.69) is 20.3 Å². The first-order valence-electron chi connectivity index (χ1n) is 8.32. The fourth-order valence-corrected chi connectivity index (χ4v) is 2.48. The van der Waals surface area contributed by atoms with Crippen LogP contribution in [-0.2, 0) is 20.8 Å². The molecule has 9 nitrogen and oxygen atoms in total. The van der Waals surface area contributed by atoms with Crippen molar-refractivity contribution in [3.8, 4) is 0 Å². The van der Waals surface area contributed by atoms with Gasteiger partial charge in [0.05, 0.1) is 17.0 Å². The molecule has 0 saturated carbocycles. The number of nitrogens with two attached hydrogens (primary N) is 2. The van der Waals surface area contributed by atoms with Crippen LogP contribution in [0.4, 0.5) is 0 Å². The van der Waals surface area contributed by atoms with Crippen molar-refractivity contribution in [2.45, 2.75) is 12.5 Å². The molecule has 0 aromatic carbocycles. The molecule has 5 N–H and O–H groups in total. The Morgan fingerprint density at radius 1 is 1.14 bits per heavy atom. The van der Waals surface area contributed by atoms with Gasteiger partial charge in [-0.2, -0.15) is 0 Å². The number of aliphatic imine (C=N–C) groups is 1. The Hall–Kier alpha value is -3.88. The highest BCUT2D eigenvalue weighted by Crippen LogP contribution is 2.09. The molecular formula is C19H20N6O3. The maximum Gasteiger partial charge on any atom is 0.287 e. The highest BCUT2D eigenvalue weighted by atomic mass is 16.2. The van der Waals surface area contributed by atoms with Crippen molar-refractivity contribution in [3.63, 3.8) is 0 Å². The maximum atomic E-state index is 12.8. The second kappa shape index (κ2) is 9.72. The molecule has 0 fully saturated rings. The van der Waals surface area contributed by atoms with Gasteiger partial charge in [-0.25, -0.2) is 0 Å². The normalized spacial score (nSPS) is 12.9. The minimum absolute atomic E-state index is 0.00416. The average Bonchev–Trinajstić information content (AvgIpc) is 2.72. The summed E-state index contributed by atoms with van der Waals surface area (Å²) in [5, 5.41) is 2.50. The van der Waals surface area contributed by atoms with Gasteiger partial charge in [-0.1, -0.05) is 12.1 Å². The predicted octanol–water partition coefficient (Wildman–Crippen LogP) is -0.480. The number of amides is 2. The number of pyridine rings is 2. The van der Waals surface area contributed by atoms with Crippen LogP contribution in [0, 0.1) is 0 Å². The fraction of sp³-hybridized carbons (Fsp3) is 0.158. The molecule has 2 amide bonds. The van der Waals surface area contributed by atoms with E-state index in [1.807, 2.05) is 0 Å². The lowest BCUT2D eigenvalue weighted by atomic mass is 10.0. The third-order valence-electron chi connectivity index (χ3n) is 3.80. The summed E-state index contributed by atoms with van der Waals surface area (Å²) in [6.07, 6.45) is 4.15. The number of hydrogen-bond donors (Lipinski definition) is 3. The van der Waals surface area contributed by atoms with E-state index in [9.17, 15) is 14.4 Å². The Bertz CT molecular complexity index is 910. The zero-order valence-corrected chi connectivity index (χ0v) is 15.2. The van der Waals surface area contributed by atoms with Crippen LogP contribution < -0.4 is 16.8 Å². The Kier molecular flexibility index (Phi) is 7.09. The molecule has 28 heavy (non-hydrogen) atoms. The third-order valence-corrected chi connectivity index (χ3v) is 3.80. The van der Waals surface area contributed by atoms with Gasteiger partial charge >= 0.3 is 0 Å². The molecule has 0 aliphatic carbocycles. The van der Waals surface area contributed by atoms with E-state index in [0.717, 1.165) is 6.20 Å². The van der Waals surface area contributed by atoms with Gasteiger partial charge in [0.15, 0.2) is 0 Å². The molecular weight excluding hydrogens is 360 g/mol. The Labute approximate surface area is 161 Å². The lowest BCUT2D eigenvalue weighted by Gasteiger charge is -2.17. The summed E-state index contributed by atoms with van der Waals surface area (Å²) in [5.41, 5.74) is 11.9. The van der Waals surface area contributed by atoms with E-state index >= 15 is 0 Å². The molecule has 0 saturated heterocycles. The molecule has 0 spiro atoms. The summed E-state index contributed by atoms with van der Waals surface area (Å²) in [6, 6.07) is 9.02. The quantitative estimate of drug-likeness (QED) is 0.319. The molecule has 2 rings (SSSR count). The van der Waals surface area contributed by atoms with E-state index in [0.29, 0.717) is 11.4 Å². The highest BCUT2D eigenvalue weighted by Gasteiger charge is 2.28. The van der Waals surface area contributed by atoms with Crippen molar-refractivity contribution in [3.05, 3.63) is 72.0 Å². The molecule has 2 heterocycles. The van der Waals surface area contributed by atoms with E-state index in [1.165, 1.54) is 13.2 Å². The first-order chi connectivity index (χ1) is 13.5. The smallest absolute Gasteiger partial charge is 0.287 e. The minimum Gasteiger partial charge on any atom is -0.404 e. The summed E-state index contributed by atoms with van der Waals surface area (Å²) in [5.74, 6) is -2.79. The number of aromatic nitrogens is 2. The van der Waals surface area contributed by atoms with Gasteiger partial charge in [0, 0.05) is 37.8 Å². The summed E-state index contributed by atoms with van der Waals surface area (Å²) >= 11 is 0. The molecule has 0 radical (unpaired) electrons. The van der Waals surface area contributed by atoms with Crippen molar-refractivity contribution < 1.29 is 14.4 Å². The van der Waals surface area contributed by atoms with E-state index in [4.69, 9.17) is 11.5 Å². The van der Waals surface area contributed by atoms with Crippen LogP contribution in [0.25, 0.3) is 0 Å². The molecule has 1 atom stereocenters. The Balaban J connectivity index is 2.27. The summed E-state index contributed by atoms with van der Waals surface area (Å²) < 4.78 is 0. The Morgan fingerprint density at radius 2 is 1.82 bits per heavy atom. The largest absolute Gasteiger partial charge is 0.404 e. The third kappa shape index (κ3) is 5.07. The SMILES string of the molecule is CN=C(/C(=C\N)C(=O)NC(Cc1ccccn1)C(=O)C(N)=O)c1ccccn1. The molecule has 0 aliphatic heterocycles. The van der Waals surface area contributed by atoms with Crippen LogP contribution in [-0.4, -0.2) is 46.4 Å². The molecule has 2 aromatic rings. The highest BCUT2D eigenvalue weighted by molar-refractivity contribution is 6.38. The lowest BCUT2D eigenvalue weighted by molar-refractivity contribution is -0.138. The van der Waals surface area contributed by atoms with Gasteiger partial charge in [-0.3, -0.25) is 29.3 Å².